The van der Waals surface area contributed by atoms with Crippen LogP contribution in [0.5, 0.6) is 0 Å². The molecular formula is C38H76N2. The van der Waals surface area contributed by atoms with Crippen LogP contribution in [0.3, 0.4) is 0 Å². The van der Waals surface area contributed by atoms with Gasteiger partial charge in [0.25, 0.3) is 0 Å². The van der Waals surface area contributed by atoms with Crippen LogP contribution in [0.2, 0.25) is 0 Å². The fourth-order valence-corrected chi connectivity index (χ4v) is 6.54. The van der Waals surface area contributed by atoms with Crippen LogP contribution in [0, 0.1) is 0 Å². The Kier molecular flexibility index (Phi) is 27.9. The molecule has 0 bridgehead atoms. The molecule has 1 aliphatic rings. The van der Waals surface area contributed by atoms with E-state index >= 15 is 0 Å². The standard InChI is InChI=1S/C38H76N2/c1-4-7-10-13-15-17-18-19-20-21-22-23-25-27-29-32-35-40-37-36-39(38(40)33-30-12-9-6-3)34-31-28-26-24-16-14-11-8-5-2/h36-38H,4-35H2,1-3H3. The maximum Gasteiger partial charge on any atom is 0.101 e. The lowest BCUT2D eigenvalue weighted by atomic mass is 10.0. The molecule has 1 aliphatic heterocycles. The van der Waals surface area contributed by atoms with E-state index in [1.165, 1.54) is 206 Å². The third-order valence-electron chi connectivity index (χ3n) is 9.32. The number of nitrogens with zero attached hydrogens (tertiary/aromatic N) is 2. The molecule has 0 aromatic rings. The molecule has 0 saturated heterocycles. The zero-order chi connectivity index (χ0) is 28.8. The normalized spacial score (nSPS) is 15.1. The third-order valence-corrected chi connectivity index (χ3v) is 9.32. The summed E-state index contributed by atoms with van der Waals surface area (Å²) in [7, 11) is 0. The van der Waals surface area contributed by atoms with E-state index in [-0.39, 0.29) is 0 Å². The van der Waals surface area contributed by atoms with E-state index in [0.717, 1.165) is 0 Å². The highest BCUT2D eigenvalue weighted by Gasteiger charge is 2.24. The molecule has 0 aromatic heterocycles. The first-order chi connectivity index (χ1) is 19.8. The Balaban J connectivity index is 2.07. The number of hydrogen-bond acceptors (Lipinski definition) is 2. The summed E-state index contributed by atoms with van der Waals surface area (Å²) in [5.74, 6) is 0. The van der Waals surface area contributed by atoms with Gasteiger partial charge in [0.15, 0.2) is 0 Å². The van der Waals surface area contributed by atoms with Gasteiger partial charge in [0.1, 0.15) is 6.17 Å². The lowest BCUT2D eigenvalue weighted by Gasteiger charge is -2.33. The number of unbranched alkanes of at least 4 members (excludes halogenated alkanes) is 26. The SMILES string of the molecule is CCCCCCCCCCCCCCCCCCN1C=CN(CCCCCCCCCCC)C1CCCCCC. The van der Waals surface area contributed by atoms with Gasteiger partial charge in [-0.05, 0) is 25.7 Å². The summed E-state index contributed by atoms with van der Waals surface area (Å²) >= 11 is 0. The first kappa shape index (κ1) is 37.4. The van der Waals surface area contributed by atoms with Crippen molar-refractivity contribution < 1.29 is 0 Å². The molecule has 0 radical (unpaired) electrons. The van der Waals surface area contributed by atoms with Gasteiger partial charge in [0, 0.05) is 25.5 Å². The number of rotatable bonds is 32. The van der Waals surface area contributed by atoms with Crippen molar-refractivity contribution in [2.24, 2.45) is 0 Å². The largest absolute Gasteiger partial charge is 0.356 e. The van der Waals surface area contributed by atoms with Gasteiger partial charge in [-0.1, -0.05) is 188 Å². The van der Waals surface area contributed by atoms with Gasteiger partial charge in [-0.3, -0.25) is 0 Å². The van der Waals surface area contributed by atoms with Gasteiger partial charge in [-0.15, -0.1) is 0 Å². The van der Waals surface area contributed by atoms with Gasteiger partial charge in [-0.2, -0.15) is 0 Å². The Morgan fingerprint density at radius 3 is 0.875 bits per heavy atom. The highest BCUT2D eigenvalue weighted by atomic mass is 15.4. The van der Waals surface area contributed by atoms with Crippen molar-refractivity contribution in [1.29, 1.82) is 0 Å². The molecule has 1 heterocycles. The summed E-state index contributed by atoms with van der Waals surface area (Å²) in [4.78, 5) is 5.39. The van der Waals surface area contributed by atoms with Gasteiger partial charge in [0.2, 0.25) is 0 Å². The molecule has 238 valence electrons. The van der Waals surface area contributed by atoms with E-state index in [2.05, 4.69) is 43.0 Å². The molecule has 40 heavy (non-hydrogen) atoms. The van der Waals surface area contributed by atoms with Crippen LogP contribution >= 0.6 is 0 Å². The summed E-state index contributed by atoms with van der Waals surface area (Å²) in [5.41, 5.74) is 0. The topological polar surface area (TPSA) is 6.48 Å². The highest BCUT2D eigenvalue weighted by molar-refractivity contribution is 4.97. The molecule has 0 fully saturated rings. The van der Waals surface area contributed by atoms with Crippen LogP contribution in [-0.4, -0.2) is 29.1 Å². The molecule has 1 rings (SSSR count). The van der Waals surface area contributed by atoms with E-state index in [0.29, 0.717) is 6.17 Å². The molecule has 2 heteroatoms. The van der Waals surface area contributed by atoms with E-state index in [9.17, 15) is 0 Å². The van der Waals surface area contributed by atoms with Gasteiger partial charge in [0.05, 0.1) is 0 Å². The van der Waals surface area contributed by atoms with E-state index < -0.39 is 0 Å². The summed E-state index contributed by atoms with van der Waals surface area (Å²) in [5, 5.41) is 0. The monoisotopic (exact) mass is 561 g/mol. The van der Waals surface area contributed by atoms with Crippen molar-refractivity contribution in [3.8, 4) is 0 Å². The fraction of sp³-hybridized carbons (Fsp3) is 0.947. The van der Waals surface area contributed by atoms with Crippen molar-refractivity contribution >= 4 is 0 Å². The second kappa shape index (κ2) is 29.8. The minimum absolute atomic E-state index is 0.641. The van der Waals surface area contributed by atoms with E-state index in [1.54, 1.807) is 0 Å². The zero-order valence-electron chi connectivity index (χ0n) is 28.3. The third kappa shape index (κ3) is 22.0. The molecule has 0 amide bonds. The van der Waals surface area contributed by atoms with Crippen LogP contribution in [0.15, 0.2) is 12.4 Å². The molecule has 0 N–H and O–H groups in total. The molecule has 0 aliphatic carbocycles. The average Bonchev–Trinajstić information content (AvgIpc) is 3.35. The Bertz CT molecular complexity index is 516. The van der Waals surface area contributed by atoms with Crippen molar-refractivity contribution in [3.05, 3.63) is 12.4 Å². The minimum atomic E-state index is 0.641. The maximum atomic E-state index is 2.70. The van der Waals surface area contributed by atoms with Crippen molar-refractivity contribution in [1.82, 2.24) is 9.80 Å². The molecule has 0 aromatic carbocycles. The predicted molar refractivity (Wildman–Crippen MR) is 182 cm³/mol. The van der Waals surface area contributed by atoms with E-state index in [1.807, 2.05) is 0 Å². The molecule has 2 nitrogen and oxygen atoms in total. The first-order valence-electron chi connectivity index (χ1n) is 19.0. The van der Waals surface area contributed by atoms with Crippen molar-refractivity contribution in [2.45, 2.75) is 220 Å². The summed E-state index contributed by atoms with van der Waals surface area (Å²) in [6.45, 7) is 9.48. The molecular weight excluding hydrogens is 484 g/mol. The molecule has 1 unspecified atom stereocenters. The molecule has 1 atom stereocenters. The van der Waals surface area contributed by atoms with Crippen LogP contribution in [-0.2, 0) is 0 Å². The summed E-state index contributed by atoms with van der Waals surface area (Å²) in [6, 6.07) is 0. The smallest absolute Gasteiger partial charge is 0.101 e. The van der Waals surface area contributed by atoms with Gasteiger partial charge in [-0.25, -0.2) is 0 Å². The fourth-order valence-electron chi connectivity index (χ4n) is 6.54. The van der Waals surface area contributed by atoms with E-state index in [4.69, 9.17) is 0 Å². The second-order valence-corrected chi connectivity index (χ2v) is 13.2. The second-order valence-electron chi connectivity index (χ2n) is 13.2. The maximum absolute atomic E-state index is 2.70. The summed E-state index contributed by atoms with van der Waals surface area (Å²) in [6.07, 6.45) is 48.5. The Morgan fingerprint density at radius 1 is 0.325 bits per heavy atom. The Hall–Kier alpha value is -0.660. The van der Waals surface area contributed by atoms with Gasteiger partial charge < -0.3 is 9.80 Å². The summed E-state index contributed by atoms with van der Waals surface area (Å²) < 4.78 is 0. The van der Waals surface area contributed by atoms with Crippen molar-refractivity contribution in [2.75, 3.05) is 13.1 Å². The van der Waals surface area contributed by atoms with Crippen molar-refractivity contribution in [3.63, 3.8) is 0 Å². The highest BCUT2D eigenvalue weighted by Crippen LogP contribution is 2.24. The molecule has 0 saturated carbocycles. The average molecular weight is 561 g/mol. The zero-order valence-corrected chi connectivity index (χ0v) is 28.3. The van der Waals surface area contributed by atoms with Crippen LogP contribution < -0.4 is 0 Å². The van der Waals surface area contributed by atoms with Crippen LogP contribution in [0.25, 0.3) is 0 Å². The Morgan fingerprint density at radius 2 is 0.575 bits per heavy atom. The number of hydrogen-bond donors (Lipinski definition) is 0. The predicted octanol–water partition coefficient (Wildman–Crippen LogP) is 13.2. The van der Waals surface area contributed by atoms with Crippen LogP contribution in [0.1, 0.15) is 213 Å². The first-order valence-corrected chi connectivity index (χ1v) is 19.0. The Labute approximate surface area is 254 Å². The minimum Gasteiger partial charge on any atom is -0.356 e. The molecule has 0 spiro atoms. The lowest BCUT2D eigenvalue weighted by Crippen LogP contribution is -2.39. The lowest BCUT2D eigenvalue weighted by molar-refractivity contribution is 0.135. The van der Waals surface area contributed by atoms with Crippen LogP contribution in [0.4, 0.5) is 0 Å². The quantitative estimate of drug-likeness (QED) is 0.0755. The van der Waals surface area contributed by atoms with Gasteiger partial charge >= 0.3 is 0 Å².